The molecule has 1 heterocycles. The molecule has 3 N–H and O–H groups in total. The summed E-state index contributed by atoms with van der Waals surface area (Å²) in [6.45, 7) is 0.656. The van der Waals surface area contributed by atoms with Crippen LogP contribution in [-0.2, 0) is 12.8 Å². The van der Waals surface area contributed by atoms with Crippen LogP contribution in [0.4, 0.5) is 5.69 Å². The van der Waals surface area contributed by atoms with E-state index in [0.29, 0.717) is 29.7 Å². The Hall–Kier alpha value is -2.99. The molecule has 0 amide bonds. The van der Waals surface area contributed by atoms with Crippen LogP contribution in [0.5, 0.6) is 5.75 Å². The summed E-state index contributed by atoms with van der Waals surface area (Å²) in [5.41, 5.74) is 2.72. The number of hydrogen-bond acceptors (Lipinski definition) is 4. The Morgan fingerprint density at radius 3 is 2.61 bits per heavy atom. The number of ether oxygens (including phenoxy) is 1. The van der Waals surface area contributed by atoms with Crippen molar-refractivity contribution in [3.63, 3.8) is 0 Å². The van der Waals surface area contributed by atoms with E-state index in [4.69, 9.17) is 16.3 Å². The molecule has 0 radical (unpaired) electrons. The quantitative estimate of drug-likeness (QED) is 0.502. The van der Waals surface area contributed by atoms with Gasteiger partial charge in [0.2, 0.25) is 5.43 Å². The number of aryl methyl sites for hydroxylation is 1. The predicted molar refractivity (Wildman–Crippen MR) is 111 cm³/mol. The van der Waals surface area contributed by atoms with Crippen LogP contribution in [0.3, 0.4) is 0 Å². The Balaban J connectivity index is 1.86. The third-order valence-electron chi connectivity index (χ3n) is 4.59. The van der Waals surface area contributed by atoms with Crippen molar-refractivity contribution in [2.24, 2.45) is 0 Å². The number of carboxylic acid groups (broad SMARTS) is 1. The summed E-state index contributed by atoms with van der Waals surface area (Å²) in [4.78, 5) is 26.6. The number of benzene rings is 2. The third-order valence-corrected chi connectivity index (χ3v) is 4.78. The molecule has 0 bridgehead atoms. The van der Waals surface area contributed by atoms with Gasteiger partial charge in [0.15, 0.2) is 0 Å². The number of hydrogen-bond donors (Lipinski definition) is 3. The number of anilines is 1. The van der Waals surface area contributed by atoms with Gasteiger partial charge in [-0.15, -0.1) is 11.6 Å². The molecule has 0 saturated carbocycles. The minimum atomic E-state index is -1.25. The van der Waals surface area contributed by atoms with Gasteiger partial charge in [-0.3, -0.25) is 4.79 Å². The third kappa shape index (κ3) is 4.28. The second-order valence-electron chi connectivity index (χ2n) is 6.36. The first-order valence-corrected chi connectivity index (χ1v) is 9.41. The molecule has 3 aromatic rings. The maximum absolute atomic E-state index is 12.5. The first-order valence-electron chi connectivity index (χ1n) is 8.88. The Labute approximate surface area is 167 Å². The maximum Gasteiger partial charge on any atom is 0.341 e. The fourth-order valence-corrected chi connectivity index (χ4v) is 3.28. The summed E-state index contributed by atoms with van der Waals surface area (Å²) >= 11 is 5.93. The lowest BCUT2D eigenvalue weighted by Crippen LogP contribution is -2.16. The van der Waals surface area contributed by atoms with Crippen molar-refractivity contribution in [2.75, 3.05) is 24.9 Å². The molecule has 7 heteroatoms. The summed E-state index contributed by atoms with van der Waals surface area (Å²) in [6, 6.07) is 11.4. The molecule has 0 unspecified atom stereocenters. The normalized spacial score (nSPS) is 10.8. The summed E-state index contributed by atoms with van der Waals surface area (Å²) in [6.07, 6.45) is 2.65. The monoisotopic (exact) mass is 400 g/mol. The highest BCUT2D eigenvalue weighted by Gasteiger charge is 2.14. The number of nitrogens with one attached hydrogen (secondary N) is 2. The molecule has 3 rings (SSSR count). The van der Waals surface area contributed by atoms with Crippen molar-refractivity contribution in [3.05, 3.63) is 69.5 Å². The molecular weight excluding hydrogens is 380 g/mol. The van der Waals surface area contributed by atoms with E-state index in [-0.39, 0.29) is 5.56 Å². The zero-order chi connectivity index (χ0) is 20.1. The Kier molecular flexibility index (Phi) is 6.21. The van der Waals surface area contributed by atoms with E-state index in [1.165, 1.54) is 6.20 Å². The molecule has 0 aliphatic rings. The van der Waals surface area contributed by atoms with Crippen LogP contribution in [-0.4, -0.2) is 35.6 Å². The maximum atomic E-state index is 12.5. The van der Waals surface area contributed by atoms with Crippen molar-refractivity contribution >= 4 is 34.2 Å². The van der Waals surface area contributed by atoms with Crippen molar-refractivity contribution in [1.29, 1.82) is 0 Å². The number of alkyl halides is 1. The standard InChI is InChI=1S/C21H21ClN2O4/c1-28-15-4-2-13(3-5-15)7-9-23-18-11-16-19(10-14(18)6-8-22)24-12-17(20(16)25)21(26)27/h2-5,10-12,23H,6-9H2,1H3,(H,24,25)(H,26,27). The van der Waals surface area contributed by atoms with E-state index >= 15 is 0 Å². The van der Waals surface area contributed by atoms with Gasteiger partial charge in [-0.05, 0) is 48.2 Å². The van der Waals surface area contributed by atoms with Crippen LogP contribution in [0.2, 0.25) is 0 Å². The van der Waals surface area contributed by atoms with Gasteiger partial charge in [0, 0.05) is 35.2 Å². The smallest absolute Gasteiger partial charge is 0.341 e. The molecule has 0 spiro atoms. The Morgan fingerprint density at radius 2 is 1.96 bits per heavy atom. The number of carboxylic acids is 1. The van der Waals surface area contributed by atoms with Gasteiger partial charge in [-0.25, -0.2) is 4.79 Å². The topological polar surface area (TPSA) is 91.4 Å². The summed E-state index contributed by atoms with van der Waals surface area (Å²) in [5, 5.41) is 12.9. The fourth-order valence-electron chi connectivity index (χ4n) is 3.08. The number of aromatic amines is 1. The number of H-pyrrole nitrogens is 1. The molecule has 0 atom stereocenters. The number of methoxy groups -OCH3 is 1. The van der Waals surface area contributed by atoms with E-state index in [2.05, 4.69) is 10.3 Å². The van der Waals surface area contributed by atoms with Crippen LogP contribution in [0.1, 0.15) is 21.5 Å². The predicted octanol–water partition coefficient (Wildman–Crippen LogP) is 3.67. The van der Waals surface area contributed by atoms with E-state index < -0.39 is 11.4 Å². The number of carbonyl (C=O) groups is 1. The number of rotatable bonds is 8. The fraction of sp³-hybridized carbons (Fsp3) is 0.238. The van der Waals surface area contributed by atoms with Crippen molar-refractivity contribution < 1.29 is 14.6 Å². The van der Waals surface area contributed by atoms with Gasteiger partial charge >= 0.3 is 5.97 Å². The van der Waals surface area contributed by atoms with Gasteiger partial charge in [0.25, 0.3) is 0 Å². The summed E-state index contributed by atoms with van der Waals surface area (Å²) < 4.78 is 5.16. The second-order valence-corrected chi connectivity index (χ2v) is 6.73. The number of halogens is 1. The molecule has 28 heavy (non-hydrogen) atoms. The molecule has 1 aromatic heterocycles. The van der Waals surface area contributed by atoms with Gasteiger partial charge in [0.05, 0.1) is 7.11 Å². The number of aromatic carboxylic acids is 1. The molecule has 6 nitrogen and oxygen atoms in total. The van der Waals surface area contributed by atoms with Crippen LogP contribution >= 0.6 is 11.6 Å². The zero-order valence-corrected chi connectivity index (χ0v) is 16.2. The molecule has 2 aromatic carbocycles. The molecule has 0 saturated heterocycles. The van der Waals surface area contributed by atoms with Crippen LogP contribution < -0.4 is 15.5 Å². The molecule has 0 aliphatic heterocycles. The van der Waals surface area contributed by atoms with Crippen molar-refractivity contribution in [3.8, 4) is 5.75 Å². The number of aromatic nitrogens is 1. The lowest BCUT2D eigenvalue weighted by molar-refractivity contribution is 0.0695. The Morgan fingerprint density at radius 1 is 1.21 bits per heavy atom. The van der Waals surface area contributed by atoms with Gasteiger partial charge in [-0.1, -0.05) is 12.1 Å². The summed E-state index contributed by atoms with van der Waals surface area (Å²) in [7, 11) is 1.63. The van der Waals surface area contributed by atoms with E-state index in [9.17, 15) is 14.7 Å². The van der Waals surface area contributed by atoms with Gasteiger partial charge < -0.3 is 20.1 Å². The average Bonchev–Trinajstić information content (AvgIpc) is 2.69. The first-order chi connectivity index (χ1) is 13.5. The van der Waals surface area contributed by atoms with Crippen LogP contribution in [0.15, 0.2) is 47.4 Å². The summed E-state index contributed by atoms with van der Waals surface area (Å²) in [5.74, 6) is 0.00178. The molecule has 146 valence electrons. The van der Waals surface area contributed by atoms with Gasteiger partial charge in [0.1, 0.15) is 11.3 Å². The highest BCUT2D eigenvalue weighted by atomic mass is 35.5. The Bertz CT molecular complexity index is 1040. The SMILES string of the molecule is COc1ccc(CCNc2cc3c(=O)c(C(=O)O)c[nH]c3cc2CCCl)cc1. The second kappa shape index (κ2) is 8.80. The lowest BCUT2D eigenvalue weighted by Gasteiger charge is -2.13. The average molecular weight is 401 g/mol. The zero-order valence-electron chi connectivity index (χ0n) is 15.4. The van der Waals surface area contributed by atoms with Crippen LogP contribution in [0, 0.1) is 0 Å². The van der Waals surface area contributed by atoms with Gasteiger partial charge in [-0.2, -0.15) is 0 Å². The van der Waals surface area contributed by atoms with E-state index in [0.717, 1.165) is 29.0 Å². The highest BCUT2D eigenvalue weighted by molar-refractivity contribution is 6.18. The number of pyridine rings is 1. The molecule has 0 fully saturated rings. The lowest BCUT2D eigenvalue weighted by atomic mass is 10.0. The largest absolute Gasteiger partial charge is 0.497 e. The minimum absolute atomic E-state index is 0.276. The minimum Gasteiger partial charge on any atom is -0.497 e. The highest BCUT2D eigenvalue weighted by Crippen LogP contribution is 2.23. The van der Waals surface area contributed by atoms with E-state index in [1.54, 1.807) is 13.2 Å². The van der Waals surface area contributed by atoms with Crippen molar-refractivity contribution in [2.45, 2.75) is 12.8 Å². The number of fused-ring (bicyclic) bond motifs is 1. The molecular formula is C21H21ClN2O4. The van der Waals surface area contributed by atoms with E-state index in [1.807, 2.05) is 30.3 Å². The molecule has 0 aliphatic carbocycles. The van der Waals surface area contributed by atoms with Crippen LogP contribution in [0.25, 0.3) is 10.9 Å². The van der Waals surface area contributed by atoms with Crippen molar-refractivity contribution in [1.82, 2.24) is 4.98 Å². The first kappa shape index (κ1) is 19.8.